The lowest BCUT2D eigenvalue weighted by Gasteiger charge is -2.20. The van der Waals surface area contributed by atoms with Crippen molar-refractivity contribution in [3.05, 3.63) is 24.0 Å². The van der Waals surface area contributed by atoms with Gasteiger partial charge in [0.1, 0.15) is 35.7 Å². The van der Waals surface area contributed by atoms with Gasteiger partial charge in [-0.3, -0.25) is 4.79 Å². The lowest BCUT2D eigenvalue weighted by atomic mass is 10.1. The Balaban J connectivity index is 2.26. The summed E-state index contributed by atoms with van der Waals surface area (Å²) in [5.74, 6) is 0.744. The highest BCUT2D eigenvalue weighted by molar-refractivity contribution is 6.13. The highest BCUT2D eigenvalue weighted by Crippen LogP contribution is 2.35. The Morgan fingerprint density at radius 2 is 2.00 bits per heavy atom. The molecule has 0 saturated heterocycles. The van der Waals surface area contributed by atoms with E-state index in [0.29, 0.717) is 22.6 Å². The summed E-state index contributed by atoms with van der Waals surface area (Å²) in [5, 5.41) is 1.57. The molecule has 0 atom stereocenters. The fourth-order valence-corrected chi connectivity index (χ4v) is 3.03. The number of hydrogen-bond donors (Lipinski definition) is 1. The standard InChI is InChI=1S/C18H22N4O3/c1-10-6-11(24-5)7-12-14-16(19)20-9-21-17(14)22(15(10)12)8-13(23)25-18(2,3)4/h6-7,9H,8H2,1-5H3,(H2,19,20,21). The molecule has 0 fully saturated rings. The maximum absolute atomic E-state index is 12.4. The van der Waals surface area contributed by atoms with Crippen molar-refractivity contribution in [2.45, 2.75) is 39.8 Å². The van der Waals surface area contributed by atoms with Crippen LogP contribution in [0.25, 0.3) is 21.9 Å². The lowest BCUT2D eigenvalue weighted by Crippen LogP contribution is -2.26. The molecule has 0 aliphatic heterocycles. The topological polar surface area (TPSA) is 92.3 Å². The fraction of sp³-hybridized carbons (Fsp3) is 0.389. The third kappa shape index (κ3) is 3.09. The molecule has 7 nitrogen and oxygen atoms in total. The summed E-state index contributed by atoms with van der Waals surface area (Å²) in [6.07, 6.45) is 1.40. The van der Waals surface area contributed by atoms with Crippen LogP contribution in [0.2, 0.25) is 0 Å². The molecule has 0 unspecified atom stereocenters. The molecule has 0 saturated carbocycles. The third-order valence-electron chi connectivity index (χ3n) is 3.87. The number of nitrogens with two attached hydrogens (primary N) is 1. The minimum absolute atomic E-state index is 0.0426. The van der Waals surface area contributed by atoms with Gasteiger partial charge in [-0.05, 0) is 45.4 Å². The van der Waals surface area contributed by atoms with E-state index in [0.717, 1.165) is 16.5 Å². The van der Waals surface area contributed by atoms with Crippen molar-refractivity contribution in [1.82, 2.24) is 14.5 Å². The van der Waals surface area contributed by atoms with Gasteiger partial charge in [0.2, 0.25) is 0 Å². The number of esters is 1. The van der Waals surface area contributed by atoms with E-state index in [-0.39, 0.29) is 12.5 Å². The second-order valence-corrected chi connectivity index (χ2v) is 6.97. The summed E-state index contributed by atoms with van der Waals surface area (Å²) in [6, 6.07) is 3.80. The first-order valence-electron chi connectivity index (χ1n) is 8.00. The fourth-order valence-electron chi connectivity index (χ4n) is 3.03. The maximum Gasteiger partial charge on any atom is 0.326 e. The second-order valence-electron chi connectivity index (χ2n) is 6.97. The number of nitrogen functional groups attached to an aromatic ring is 1. The van der Waals surface area contributed by atoms with Crippen LogP contribution in [0.1, 0.15) is 26.3 Å². The summed E-state index contributed by atoms with van der Waals surface area (Å²) >= 11 is 0. The number of carbonyl (C=O) groups excluding carboxylic acids is 1. The first-order chi connectivity index (χ1) is 11.7. The van der Waals surface area contributed by atoms with Crippen molar-refractivity contribution in [3.63, 3.8) is 0 Å². The lowest BCUT2D eigenvalue weighted by molar-refractivity contribution is -0.155. The molecule has 2 heterocycles. The summed E-state index contributed by atoms with van der Waals surface area (Å²) in [7, 11) is 1.61. The number of rotatable bonds is 3. The van der Waals surface area contributed by atoms with Crippen molar-refractivity contribution >= 4 is 33.7 Å². The van der Waals surface area contributed by atoms with Crippen molar-refractivity contribution in [2.75, 3.05) is 12.8 Å². The van der Waals surface area contributed by atoms with E-state index in [4.69, 9.17) is 15.2 Å². The van der Waals surface area contributed by atoms with E-state index in [2.05, 4.69) is 9.97 Å². The average Bonchev–Trinajstić information content (AvgIpc) is 2.81. The van der Waals surface area contributed by atoms with Crippen molar-refractivity contribution < 1.29 is 14.3 Å². The number of anilines is 1. The average molecular weight is 342 g/mol. The van der Waals surface area contributed by atoms with E-state index in [1.165, 1.54) is 6.33 Å². The first-order valence-corrected chi connectivity index (χ1v) is 8.00. The highest BCUT2D eigenvalue weighted by atomic mass is 16.6. The first kappa shape index (κ1) is 17.0. The summed E-state index contributed by atoms with van der Waals surface area (Å²) < 4.78 is 12.7. The van der Waals surface area contributed by atoms with Gasteiger partial charge in [-0.15, -0.1) is 0 Å². The molecule has 0 radical (unpaired) electrons. The van der Waals surface area contributed by atoms with Crippen LogP contribution in [0, 0.1) is 6.92 Å². The van der Waals surface area contributed by atoms with E-state index < -0.39 is 5.60 Å². The molecule has 0 amide bonds. The minimum Gasteiger partial charge on any atom is -0.497 e. The van der Waals surface area contributed by atoms with Gasteiger partial charge in [0.15, 0.2) is 0 Å². The Morgan fingerprint density at radius 1 is 1.28 bits per heavy atom. The van der Waals surface area contributed by atoms with E-state index in [1.807, 2.05) is 44.4 Å². The third-order valence-corrected chi connectivity index (χ3v) is 3.87. The van der Waals surface area contributed by atoms with Crippen molar-refractivity contribution in [3.8, 4) is 5.75 Å². The van der Waals surface area contributed by atoms with Crippen LogP contribution < -0.4 is 10.5 Å². The molecule has 0 spiro atoms. The molecule has 7 heteroatoms. The molecule has 2 aromatic heterocycles. The molecule has 3 rings (SSSR count). The molecule has 0 aliphatic carbocycles. The van der Waals surface area contributed by atoms with Crippen LogP contribution in [0.5, 0.6) is 5.75 Å². The van der Waals surface area contributed by atoms with Crippen molar-refractivity contribution in [2.24, 2.45) is 0 Å². The summed E-state index contributed by atoms with van der Waals surface area (Å²) in [4.78, 5) is 20.8. The van der Waals surface area contributed by atoms with Gasteiger partial charge in [-0.2, -0.15) is 0 Å². The van der Waals surface area contributed by atoms with Gasteiger partial charge < -0.3 is 19.8 Å². The van der Waals surface area contributed by atoms with Crippen LogP contribution in [-0.4, -0.2) is 33.2 Å². The number of methoxy groups -OCH3 is 1. The molecule has 2 N–H and O–H groups in total. The number of ether oxygens (including phenoxy) is 2. The van der Waals surface area contributed by atoms with Gasteiger partial charge in [0.25, 0.3) is 0 Å². The maximum atomic E-state index is 12.4. The molecule has 3 aromatic rings. The SMILES string of the molecule is COc1cc(C)c2c(c1)c1c(N)ncnc1n2CC(=O)OC(C)(C)C. The molecule has 25 heavy (non-hydrogen) atoms. The monoisotopic (exact) mass is 342 g/mol. The van der Waals surface area contributed by atoms with Crippen LogP contribution in [-0.2, 0) is 16.1 Å². The number of aryl methyl sites for hydroxylation is 1. The Labute approximate surface area is 145 Å². The zero-order chi connectivity index (χ0) is 18.4. The highest BCUT2D eigenvalue weighted by Gasteiger charge is 2.22. The predicted octanol–water partition coefficient (Wildman–Crippen LogP) is 2.83. The quantitative estimate of drug-likeness (QED) is 0.736. The van der Waals surface area contributed by atoms with E-state index in [9.17, 15) is 4.79 Å². The van der Waals surface area contributed by atoms with Gasteiger partial charge >= 0.3 is 5.97 Å². The molecular formula is C18H22N4O3. The zero-order valence-corrected chi connectivity index (χ0v) is 15.1. The van der Waals surface area contributed by atoms with Crippen molar-refractivity contribution in [1.29, 1.82) is 0 Å². The molecule has 0 aliphatic rings. The smallest absolute Gasteiger partial charge is 0.326 e. The normalized spacial score (nSPS) is 11.9. The predicted molar refractivity (Wildman–Crippen MR) is 96.6 cm³/mol. The molecule has 1 aromatic carbocycles. The molecule has 0 bridgehead atoms. The minimum atomic E-state index is -0.553. The van der Waals surface area contributed by atoms with Gasteiger partial charge in [-0.25, -0.2) is 9.97 Å². The van der Waals surface area contributed by atoms with Crippen LogP contribution in [0.15, 0.2) is 18.5 Å². The van der Waals surface area contributed by atoms with Gasteiger partial charge in [-0.1, -0.05) is 0 Å². The number of benzene rings is 1. The largest absolute Gasteiger partial charge is 0.497 e. The molecule has 132 valence electrons. The number of hydrogen-bond acceptors (Lipinski definition) is 6. The van der Waals surface area contributed by atoms with E-state index in [1.54, 1.807) is 7.11 Å². The number of nitrogens with zero attached hydrogens (tertiary/aromatic N) is 3. The number of fused-ring (bicyclic) bond motifs is 3. The van der Waals surface area contributed by atoms with Gasteiger partial charge in [0, 0.05) is 5.39 Å². The Morgan fingerprint density at radius 3 is 2.64 bits per heavy atom. The zero-order valence-electron chi connectivity index (χ0n) is 15.1. The Kier molecular flexibility index (Phi) is 4.02. The Hall–Kier alpha value is -2.83. The molecular weight excluding hydrogens is 320 g/mol. The van der Waals surface area contributed by atoms with Crippen LogP contribution >= 0.6 is 0 Å². The number of carbonyl (C=O) groups is 1. The van der Waals surface area contributed by atoms with E-state index >= 15 is 0 Å². The van der Waals surface area contributed by atoms with Crippen LogP contribution in [0.3, 0.4) is 0 Å². The number of aromatic nitrogens is 3. The second kappa shape index (κ2) is 5.91. The summed E-state index contributed by atoms with van der Waals surface area (Å²) in [5.41, 5.74) is 7.96. The summed E-state index contributed by atoms with van der Waals surface area (Å²) in [6.45, 7) is 7.52. The van der Waals surface area contributed by atoms with Gasteiger partial charge in [0.05, 0.1) is 18.0 Å². The van der Waals surface area contributed by atoms with Crippen LogP contribution in [0.4, 0.5) is 5.82 Å². The Bertz CT molecular complexity index is 970.